The Bertz CT molecular complexity index is 530. The molecule has 1 aromatic carbocycles. The van der Waals surface area contributed by atoms with Crippen molar-refractivity contribution in [2.24, 2.45) is 5.10 Å². The average molecular weight is 301 g/mol. The zero-order valence-corrected chi connectivity index (χ0v) is 13.3. The van der Waals surface area contributed by atoms with E-state index in [4.69, 9.17) is 10.00 Å². The molecule has 0 aliphatic heterocycles. The molecule has 1 aromatic rings. The Labute approximate surface area is 132 Å². The average Bonchev–Trinajstić information content (AvgIpc) is 2.55. The first-order valence-electron chi connectivity index (χ1n) is 7.60. The monoisotopic (exact) mass is 301 g/mol. The van der Waals surface area contributed by atoms with Gasteiger partial charge in [0, 0.05) is 5.71 Å². The number of rotatable bonds is 9. The van der Waals surface area contributed by atoms with Crippen LogP contribution in [0.2, 0.25) is 0 Å². The number of carbonyl (C=O) groups is 1. The largest absolute Gasteiger partial charge is 0.484 e. The maximum absolute atomic E-state index is 11.6. The molecule has 0 aliphatic carbocycles. The van der Waals surface area contributed by atoms with Gasteiger partial charge < -0.3 is 4.74 Å². The van der Waals surface area contributed by atoms with Crippen LogP contribution in [-0.4, -0.2) is 18.2 Å². The highest BCUT2D eigenvalue weighted by molar-refractivity contribution is 5.84. The summed E-state index contributed by atoms with van der Waals surface area (Å²) in [6.07, 6.45) is 5.63. The van der Waals surface area contributed by atoms with E-state index in [9.17, 15) is 4.79 Å². The first-order valence-corrected chi connectivity index (χ1v) is 7.60. The minimum Gasteiger partial charge on any atom is -0.484 e. The summed E-state index contributed by atoms with van der Waals surface area (Å²) >= 11 is 0. The molecule has 0 saturated carbocycles. The second kappa shape index (κ2) is 10.4. The van der Waals surface area contributed by atoms with Crippen LogP contribution in [0.25, 0.3) is 0 Å². The predicted molar refractivity (Wildman–Crippen MR) is 86.7 cm³/mol. The van der Waals surface area contributed by atoms with Crippen LogP contribution in [-0.2, 0) is 4.79 Å². The number of carbonyl (C=O) groups excluding carboxylic acids is 1. The maximum atomic E-state index is 11.6. The standard InChI is InChI=1S/C17H23N3O2/c1-3-4-5-6-7-14(2)19-20-17(21)13-22-16-10-8-15(12-18)9-11-16/h8-11H,3-7,13H2,1-2H3,(H,20,21). The minimum absolute atomic E-state index is 0.0987. The lowest BCUT2D eigenvalue weighted by molar-refractivity contribution is -0.123. The van der Waals surface area contributed by atoms with Crippen molar-refractivity contribution >= 4 is 11.6 Å². The van der Waals surface area contributed by atoms with Crippen molar-refractivity contribution in [1.29, 1.82) is 5.26 Å². The molecule has 1 N–H and O–H groups in total. The molecule has 118 valence electrons. The molecule has 0 heterocycles. The van der Waals surface area contributed by atoms with E-state index in [1.165, 1.54) is 19.3 Å². The highest BCUT2D eigenvalue weighted by atomic mass is 16.5. The van der Waals surface area contributed by atoms with E-state index in [1.54, 1.807) is 24.3 Å². The van der Waals surface area contributed by atoms with E-state index in [1.807, 2.05) is 13.0 Å². The SMILES string of the molecule is CCCCCCC(C)=NNC(=O)COc1ccc(C#N)cc1. The molecule has 1 amide bonds. The van der Waals surface area contributed by atoms with E-state index in [-0.39, 0.29) is 12.5 Å². The van der Waals surface area contributed by atoms with Crippen LogP contribution in [0.4, 0.5) is 0 Å². The first kappa shape index (κ1) is 17.7. The second-order valence-electron chi connectivity index (χ2n) is 5.12. The molecule has 0 atom stereocenters. The molecule has 1 rings (SSSR count). The van der Waals surface area contributed by atoms with Crippen LogP contribution < -0.4 is 10.2 Å². The molecule has 0 radical (unpaired) electrons. The fourth-order valence-electron chi connectivity index (χ4n) is 1.83. The van der Waals surface area contributed by atoms with Crippen molar-refractivity contribution in [2.45, 2.75) is 46.0 Å². The number of hydrazone groups is 1. The zero-order chi connectivity index (χ0) is 16.2. The Morgan fingerprint density at radius 1 is 1.27 bits per heavy atom. The summed E-state index contributed by atoms with van der Waals surface area (Å²) in [5, 5.41) is 12.7. The third-order valence-corrected chi connectivity index (χ3v) is 3.12. The lowest BCUT2D eigenvalue weighted by Crippen LogP contribution is -2.25. The van der Waals surface area contributed by atoms with Gasteiger partial charge in [-0.1, -0.05) is 26.2 Å². The molecule has 0 aliphatic rings. The predicted octanol–water partition coefficient (Wildman–Crippen LogP) is 3.40. The lowest BCUT2D eigenvalue weighted by Gasteiger charge is -2.05. The number of hydrogen-bond donors (Lipinski definition) is 1. The molecular formula is C17H23N3O2. The fourth-order valence-corrected chi connectivity index (χ4v) is 1.83. The summed E-state index contributed by atoms with van der Waals surface area (Å²) in [5.74, 6) is 0.256. The van der Waals surface area contributed by atoms with Crippen LogP contribution in [0.15, 0.2) is 29.4 Å². The number of nitrogens with zero attached hydrogens (tertiary/aromatic N) is 2. The van der Waals surface area contributed by atoms with Gasteiger partial charge in [-0.25, -0.2) is 5.43 Å². The van der Waals surface area contributed by atoms with Crippen molar-refractivity contribution in [3.8, 4) is 11.8 Å². The van der Waals surface area contributed by atoms with Crippen LogP contribution in [0, 0.1) is 11.3 Å². The van der Waals surface area contributed by atoms with Crippen molar-refractivity contribution < 1.29 is 9.53 Å². The van der Waals surface area contributed by atoms with Crippen LogP contribution in [0.3, 0.4) is 0 Å². The molecule has 0 fully saturated rings. The number of amides is 1. The van der Waals surface area contributed by atoms with Gasteiger partial charge in [-0.15, -0.1) is 0 Å². The Morgan fingerprint density at radius 3 is 2.64 bits per heavy atom. The second-order valence-corrected chi connectivity index (χ2v) is 5.12. The van der Waals surface area contributed by atoms with Gasteiger partial charge >= 0.3 is 0 Å². The number of nitriles is 1. The number of unbranched alkanes of at least 4 members (excludes halogenated alkanes) is 3. The number of ether oxygens (including phenoxy) is 1. The van der Waals surface area contributed by atoms with E-state index in [2.05, 4.69) is 17.5 Å². The Kier molecular flexibility index (Phi) is 8.36. The smallest absolute Gasteiger partial charge is 0.277 e. The van der Waals surface area contributed by atoms with Crippen LogP contribution >= 0.6 is 0 Å². The Hall–Kier alpha value is -2.35. The topological polar surface area (TPSA) is 74.5 Å². The zero-order valence-electron chi connectivity index (χ0n) is 13.3. The van der Waals surface area contributed by atoms with Crippen molar-refractivity contribution in [2.75, 3.05) is 6.61 Å². The van der Waals surface area contributed by atoms with Gasteiger partial charge in [0.15, 0.2) is 6.61 Å². The molecule has 0 aromatic heterocycles. The number of benzene rings is 1. The summed E-state index contributed by atoms with van der Waals surface area (Å²) in [4.78, 5) is 11.6. The van der Waals surface area contributed by atoms with Gasteiger partial charge in [0.25, 0.3) is 5.91 Å². The molecule has 5 heteroatoms. The molecule has 0 spiro atoms. The van der Waals surface area contributed by atoms with Gasteiger partial charge in [-0.2, -0.15) is 10.4 Å². The first-order chi connectivity index (χ1) is 10.7. The summed E-state index contributed by atoms with van der Waals surface area (Å²) in [6.45, 7) is 3.99. The van der Waals surface area contributed by atoms with Crippen molar-refractivity contribution in [3.63, 3.8) is 0 Å². The molecule has 0 bridgehead atoms. The minimum atomic E-state index is -0.294. The van der Waals surface area contributed by atoms with E-state index >= 15 is 0 Å². The van der Waals surface area contributed by atoms with E-state index in [0.717, 1.165) is 18.6 Å². The van der Waals surface area contributed by atoms with Gasteiger partial charge in [0.1, 0.15) is 5.75 Å². The van der Waals surface area contributed by atoms with E-state index < -0.39 is 0 Å². The van der Waals surface area contributed by atoms with Crippen LogP contribution in [0.1, 0.15) is 51.5 Å². The molecule has 5 nitrogen and oxygen atoms in total. The quantitative estimate of drug-likeness (QED) is 0.431. The third-order valence-electron chi connectivity index (χ3n) is 3.12. The fraction of sp³-hybridized carbons (Fsp3) is 0.471. The number of hydrogen-bond acceptors (Lipinski definition) is 4. The molecule has 0 unspecified atom stereocenters. The van der Waals surface area contributed by atoms with Gasteiger partial charge in [0.2, 0.25) is 0 Å². The van der Waals surface area contributed by atoms with Gasteiger partial charge in [-0.3, -0.25) is 4.79 Å². The number of nitrogens with one attached hydrogen (secondary N) is 1. The molecule has 0 saturated heterocycles. The van der Waals surface area contributed by atoms with Crippen LogP contribution in [0.5, 0.6) is 5.75 Å². The van der Waals surface area contributed by atoms with Gasteiger partial charge in [0.05, 0.1) is 11.6 Å². The molecular weight excluding hydrogens is 278 g/mol. The van der Waals surface area contributed by atoms with Crippen molar-refractivity contribution in [1.82, 2.24) is 5.43 Å². The summed E-state index contributed by atoms with van der Waals surface area (Å²) in [6, 6.07) is 8.63. The normalized spacial score (nSPS) is 10.9. The van der Waals surface area contributed by atoms with E-state index in [0.29, 0.717) is 11.3 Å². The maximum Gasteiger partial charge on any atom is 0.277 e. The summed E-state index contributed by atoms with van der Waals surface area (Å²) in [5.41, 5.74) is 3.96. The third kappa shape index (κ3) is 7.44. The lowest BCUT2D eigenvalue weighted by atomic mass is 10.1. The Morgan fingerprint density at radius 2 is 2.00 bits per heavy atom. The summed E-state index contributed by atoms with van der Waals surface area (Å²) in [7, 11) is 0. The highest BCUT2D eigenvalue weighted by Crippen LogP contribution is 2.11. The highest BCUT2D eigenvalue weighted by Gasteiger charge is 2.02. The Balaban J connectivity index is 2.26. The van der Waals surface area contributed by atoms with Gasteiger partial charge in [-0.05, 0) is 44.0 Å². The summed E-state index contributed by atoms with van der Waals surface area (Å²) < 4.78 is 5.32. The molecule has 22 heavy (non-hydrogen) atoms. The van der Waals surface area contributed by atoms with Crippen molar-refractivity contribution in [3.05, 3.63) is 29.8 Å².